The Balaban J connectivity index is 1.88. The molecule has 144 valence electrons. The van der Waals surface area contributed by atoms with Gasteiger partial charge in [0.1, 0.15) is 17.4 Å². The van der Waals surface area contributed by atoms with Gasteiger partial charge >= 0.3 is 0 Å². The summed E-state index contributed by atoms with van der Waals surface area (Å²) in [6.45, 7) is 0.466. The molecule has 3 aromatic rings. The van der Waals surface area contributed by atoms with Gasteiger partial charge in [-0.15, -0.1) is 0 Å². The third-order valence-corrected chi connectivity index (χ3v) is 5.01. The number of halogens is 4. The van der Waals surface area contributed by atoms with Crippen LogP contribution in [0, 0.1) is 23.3 Å². The maximum Gasteiger partial charge on any atom is 0.160 e. The quantitative estimate of drug-likeness (QED) is 0.558. The van der Waals surface area contributed by atoms with E-state index in [1.807, 2.05) is 17.0 Å². The van der Waals surface area contributed by atoms with Gasteiger partial charge in [0.25, 0.3) is 0 Å². The van der Waals surface area contributed by atoms with Gasteiger partial charge in [-0.25, -0.2) is 17.6 Å². The molecule has 0 aromatic heterocycles. The second kappa shape index (κ2) is 7.19. The molecule has 1 atom stereocenters. The highest BCUT2D eigenvalue weighted by Gasteiger charge is 2.30. The fourth-order valence-corrected chi connectivity index (χ4v) is 3.76. The summed E-state index contributed by atoms with van der Waals surface area (Å²) < 4.78 is 60.4. The minimum Gasteiger partial charge on any atom is -0.497 e. The normalized spacial score (nSPS) is 16.0. The Kier molecular flexibility index (Phi) is 4.71. The van der Waals surface area contributed by atoms with Crippen molar-refractivity contribution in [2.75, 3.05) is 18.6 Å². The van der Waals surface area contributed by atoms with E-state index in [0.717, 1.165) is 29.3 Å². The van der Waals surface area contributed by atoms with Crippen LogP contribution >= 0.6 is 0 Å². The minimum absolute atomic E-state index is 0.397. The van der Waals surface area contributed by atoms with Crippen LogP contribution < -0.4 is 9.64 Å². The molecule has 0 bridgehead atoms. The van der Waals surface area contributed by atoms with Crippen molar-refractivity contribution in [3.05, 3.63) is 94.6 Å². The molecule has 0 N–H and O–H groups in total. The van der Waals surface area contributed by atoms with Crippen molar-refractivity contribution in [2.24, 2.45) is 0 Å². The largest absolute Gasteiger partial charge is 0.497 e. The van der Waals surface area contributed by atoms with Gasteiger partial charge in [-0.05, 0) is 59.5 Å². The first-order valence-corrected chi connectivity index (χ1v) is 8.81. The molecule has 1 heterocycles. The molecule has 1 aliphatic rings. The monoisotopic (exact) mass is 387 g/mol. The number of methoxy groups -OCH3 is 1. The summed E-state index contributed by atoms with van der Waals surface area (Å²) in [4.78, 5) is 1.82. The van der Waals surface area contributed by atoms with E-state index in [0.29, 0.717) is 30.0 Å². The number of hydrogen-bond donors (Lipinski definition) is 0. The predicted octanol–water partition coefficient (Wildman–Crippen LogP) is 5.40. The second-order valence-corrected chi connectivity index (χ2v) is 6.71. The van der Waals surface area contributed by atoms with Gasteiger partial charge < -0.3 is 9.64 Å². The van der Waals surface area contributed by atoms with Crippen molar-refractivity contribution in [3.8, 4) is 5.75 Å². The first-order chi connectivity index (χ1) is 13.5. The molecule has 0 saturated heterocycles. The lowest BCUT2D eigenvalue weighted by atomic mass is 9.87. The third kappa shape index (κ3) is 3.30. The number of ether oxygens (including phenoxy) is 1. The number of anilines is 1. The number of hydrogen-bond acceptors (Lipinski definition) is 2. The zero-order chi connectivity index (χ0) is 19.8. The Labute approximate surface area is 160 Å². The summed E-state index contributed by atoms with van der Waals surface area (Å²) in [6, 6.07) is 11.9. The topological polar surface area (TPSA) is 12.5 Å². The average Bonchev–Trinajstić information content (AvgIpc) is 2.68. The van der Waals surface area contributed by atoms with Crippen LogP contribution in [0.25, 0.3) is 0 Å². The minimum atomic E-state index is -0.970. The van der Waals surface area contributed by atoms with Crippen molar-refractivity contribution in [1.82, 2.24) is 0 Å². The predicted molar refractivity (Wildman–Crippen MR) is 98.6 cm³/mol. The Morgan fingerprint density at radius 2 is 1.61 bits per heavy atom. The standard InChI is InChI=1S/C22H17F4NO/c1-28-18-3-4-19-13(10-18)6-7-27(17-2-5-20(25)21(26)12-17)22(19)14-8-15(23)11-16(24)9-14/h2-5,8-12,22H,6-7H2,1H3/t22-/m0/s1. The van der Waals surface area contributed by atoms with Gasteiger partial charge in [-0.2, -0.15) is 0 Å². The van der Waals surface area contributed by atoms with E-state index in [-0.39, 0.29) is 0 Å². The molecule has 0 fully saturated rings. The summed E-state index contributed by atoms with van der Waals surface area (Å²) in [7, 11) is 1.57. The fraction of sp³-hybridized carbons (Fsp3) is 0.182. The Morgan fingerprint density at radius 1 is 0.857 bits per heavy atom. The highest BCUT2D eigenvalue weighted by molar-refractivity contribution is 5.57. The molecule has 1 aliphatic heterocycles. The van der Waals surface area contributed by atoms with Crippen LogP contribution in [0.4, 0.5) is 23.2 Å². The summed E-state index contributed by atoms with van der Waals surface area (Å²) in [6.07, 6.45) is 0.625. The Morgan fingerprint density at radius 3 is 2.29 bits per heavy atom. The van der Waals surface area contributed by atoms with Crippen LogP contribution in [0.15, 0.2) is 54.6 Å². The second-order valence-electron chi connectivity index (χ2n) is 6.71. The van der Waals surface area contributed by atoms with Gasteiger partial charge in [0.05, 0.1) is 13.2 Å². The molecule has 0 amide bonds. The summed E-state index contributed by atoms with van der Waals surface area (Å²) in [5.41, 5.74) is 2.65. The molecule has 0 spiro atoms. The number of fused-ring (bicyclic) bond motifs is 1. The van der Waals surface area contributed by atoms with Crippen LogP contribution in [0.2, 0.25) is 0 Å². The highest BCUT2D eigenvalue weighted by atomic mass is 19.2. The molecule has 2 nitrogen and oxygen atoms in total. The van der Waals surface area contributed by atoms with Crippen LogP contribution in [0.3, 0.4) is 0 Å². The van der Waals surface area contributed by atoms with E-state index in [4.69, 9.17) is 4.74 Å². The van der Waals surface area contributed by atoms with Gasteiger partial charge in [-0.1, -0.05) is 6.07 Å². The van der Waals surface area contributed by atoms with Gasteiger partial charge in [0, 0.05) is 24.4 Å². The SMILES string of the molecule is COc1ccc2c(c1)CCN(c1ccc(F)c(F)c1)[C@H]2c1cc(F)cc(F)c1. The number of rotatable bonds is 3. The van der Waals surface area contributed by atoms with Crippen molar-refractivity contribution in [2.45, 2.75) is 12.5 Å². The van der Waals surface area contributed by atoms with Crippen LogP contribution in [0.5, 0.6) is 5.75 Å². The van der Waals surface area contributed by atoms with Gasteiger partial charge in [-0.3, -0.25) is 0 Å². The zero-order valence-electron chi connectivity index (χ0n) is 15.1. The first kappa shape index (κ1) is 18.3. The Hall–Kier alpha value is -3.02. The van der Waals surface area contributed by atoms with Gasteiger partial charge in [0.2, 0.25) is 0 Å². The maximum atomic E-state index is 13.9. The molecule has 4 rings (SSSR count). The third-order valence-electron chi connectivity index (χ3n) is 5.01. The first-order valence-electron chi connectivity index (χ1n) is 8.81. The molecule has 0 aliphatic carbocycles. The lowest BCUT2D eigenvalue weighted by Gasteiger charge is -2.39. The maximum absolute atomic E-state index is 13.9. The highest BCUT2D eigenvalue weighted by Crippen LogP contribution is 2.40. The average molecular weight is 387 g/mol. The molecule has 28 heavy (non-hydrogen) atoms. The smallest absolute Gasteiger partial charge is 0.160 e. The van der Waals surface area contributed by atoms with E-state index in [1.165, 1.54) is 18.2 Å². The van der Waals surface area contributed by atoms with Gasteiger partial charge in [0.15, 0.2) is 11.6 Å². The molecule has 0 unspecified atom stereocenters. The lowest BCUT2D eigenvalue weighted by molar-refractivity contribution is 0.413. The van der Waals surface area contributed by atoms with E-state index < -0.39 is 29.3 Å². The lowest BCUT2D eigenvalue weighted by Crippen LogP contribution is -2.36. The molecule has 0 radical (unpaired) electrons. The van der Waals surface area contributed by atoms with E-state index in [1.54, 1.807) is 13.2 Å². The molecular weight excluding hydrogens is 370 g/mol. The van der Waals surface area contributed by atoms with E-state index >= 15 is 0 Å². The Bertz CT molecular complexity index is 1020. The summed E-state index contributed by atoms with van der Waals surface area (Å²) >= 11 is 0. The zero-order valence-corrected chi connectivity index (χ0v) is 15.1. The van der Waals surface area contributed by atoms with E-state index in [2.05, 4.69) is 0 Å². The fourth-order valence-electron chi connectivity index (χ4n) is 3.76. The molecule has 0 saturated carbocycles. The van der Waals surface area contributed by atoms with E-state index in [9.17, 15) is 17.6 Å². The molecule has 3 aromatic carbocycles. The number of benzene rings is 3. The van der Waals surface area contributed by atoms with Crippen LogP contribution in [0.1, 0.15) is 22.7 Å². The summed E-state index contributed by atoms with van der Waals surface area (Å²) in [5, 5.41) is 0. The van der Waals surface area contributed by atoms with Crippen molar-refractivity contribution in [3.63, 3.8) is 0 Å². The summed E-state index contributed by atoms with van der Waals surface area (Å²) in [5.74, 6) is -2.62. The van der Waals surface area contributed by atoms with Crippen LogP contribution in [-0.4, -0.2) is 13.7 Å². The van der Waals surface area contributed by atoms with Crippen LogP contribution in [-0.2, 0) is 6.42 Å². The molecule has 6 heteroatoms. The van der Waals surface area contributed by atoms with Crippen molar-refractivity contribution < 1.29 is 22.3 Å². The number of nitrogens with zero attached hydrogens (tertiary/aromatic N) is 1. The van der Waals surface area contributed by atoms with Crippen molar-refractivity contribution >= 4 is 5.69 Å². The van der Waals surface area contributed by atoms with Crippen molar-refractivity contribution in [1.29, 1.82) is 0 Å². The molecular formula is C22H17F4NO.